The van der Waals surface area contributed by atoms with Crippen molar-refractivity contribution in [3.63, 3.8) is 0 Å². The van der Waals surface area contributed by atoms with Gasteiger partial charge in [-0.3, -0.25) is 4.98 Å². The molecular formula is C5H5Cl2CrNO2. The monoisotopic (exact) mass is 233 g/mol. The zero-order valence-corrected chi connectivity index (χ0v) is 8.10. The number of nitrogens with zero attached hydrogens (tertiary/aromatic N) is 1. The maximum atomic E-state index is 4.33. The van der Waals surface area contributed by atoms with Gasteiger partial charge in [0.1, 0.15) is 23.7 Å². The molecule has 0 spiro atoms. The number of pyridine rings is 1. The molecule has 1 rings (SSSR count). The van der Waals surface area contributed by atoms with Crippen LogP contribution in [0.3, 0.4) is 0 Å². The van der Waals surface area contributed by atoms with Crippen molar-refractivity contribution in [1.82, 2.24) is 4.98 Å². The molecule has 0 N–H and O–H groups in total. The zero-order chi connectivity index (χ0) is 7.66. The fraction of sp³-hybridized carbons (Fsp3) is 0. The molecule has 0 fully saturated rings. The van der Waals surface area contributed by atoms with Crippen molar-refractivity contribution in [1.29, 1.82) is 0 Å². The Morgan fingerprint density at radius 3 is 1.45 bits per heavy atom. The van der Waals surface area contributed by atoms with Gasteiger partial charge in [0.2, 0.25) is 0 Å². The summed E-state index contributed by atoms with van der Waals surface area (Å²) in [5, 5.41) is 0. The summed E-state index contributed by atoms with van der Waals surface area (Å²) in [7, 11) is 0. The van der Waals surface area contributed by atoms with Crippen molar-refractivity contribution >= 4 is 23.7 Å². The molecule has 3 nitrogen and oxygen atoms in total. The molecule has 0 aliphatic carbocycles. The van der Waals surface area contributed by atoms with Crippen LogP contribution in [0.5, 0.6) is 0 Å². The molecule has 0 aliphatic rings. The van der Waals surface area contributed by atoms with Crippen LogP contribution in [0.2, 0.25) is 0 Å². The summed E-state index contributed by atoms with van der Waals surface area (Å²) in [5.41, 5.74) is 0. The van der Waals surface area contributed by atoms with Crippen LogP contribution in [0.25, 0.3) is 0 Å². The van der Waals surface area contributed by atoms with E-state index in [1.165, 1.54) is 0 Å². The summed E-state index contributed by atoms with van der Waals surface area (Å²) < 4.78 is 6.56. The van der Waals surface area contributed by atoms with Gasteiger partial charge in [0, 0.05) is 29.8 Å². The number of hydrogen-bond acceptors (Lipinski definition) is 3. The minimum atomic E-state index is 0. The molecule has 0 saturated heterocycles. The van der Waals surface area contributed by atoms with Crippen LogP contribution < -0.4 is 0 Å². The number of hydrogen-bond donors (Lipinski definition) is 0. The summed E-state index contributed by atoms with van der Waals surface area (Å²) in [5.74, 6) is 0. The Morgan fingerprint density at radius 1 is 0.909 bits per heavy atom. The van der Waals surface area contributed by atoms with Crippen LogP contribution in [0, 0.1) is 0 Å². The van der Waals surface area contributed by atoms with Gasteiger partial charge < -0.3 is 0 Å². The molecule has 1 heterocycles. The Kier molecular flexibility index (Phi) is 16.0. The molecule has 0 bridgehead atoms. The predicted octanol–water partition coefficient (Wildman–Crippen LogP) is 2.32. The molecule has 0 radical (unpaired) electrons. The Hall–Kier alpha value is 0.182. The molecule has 0 aromatic carbocycles. The third-order valence-electron chi connectivity index (χ3n) is 0.590. The normalized spacial score (nSPS) is 7.09. The number of halogens is 2. The van der Waals surface area contributed by atoms with E-state index in [4.69, 9.17) is 0 Å². The number of rotatable bonds is 1. The van der Waals surface area contributed by atoms with Crippen LogP contribution in [0.1, 0.15) is 0 Å². The summed E-state index contributed by atoms with van der Waals surface area (Å²) >= 11 is 8.66. The maximum absolute atomic E-state index is 4.33. The summed E-state index contributed by atoms with van der Waals surface area (Å²) in [6.07, 6.45) is 3.50. The van der Waals surface area contributed by atoms with Crippen molar-refractivity contribution in [2.24, 2.45) is 0 Å². The minimum absolute atomic E-state index is 0. The van der Waals surface area contributed by atoms with E-state index in [9.17, 15) is 0 Å². The smallest absolute Gasteiger partial charge is 0.102 e. The van der Waals surface area contributed by atoms with E-state index < -0.39 is 0 Å². The first kappa shape index (κ1) is 13.8. The third kappa shape index (κ3) is 13.2. The van der Waals surface area contributed by atoms with Crippen molar-refractivity contribution in [2.75, 3.05) is 0 Å². The van der Waals surface area contributed by atoms with E-state index in [1.807, 2.05) is 18.2 Å². The quantitative estimate of drug-likeness (QED) is 0.551. The maximum Gasteiger partial charge on any atom is 0.102 e. The Morgan fingerprint density at radius 2 is 1.36 bits per heavy atom. The fourth-order valence-electron chi connectivity index (χ4n) is 0.313. The molecule has 0 amide bonds. The van der Waals surface area contributed by atoms with Gasteiger partial charge in [-0.15, -0.1) is 8.88 Å². The van der Waals surface area contributed by atoms with Crippen molar-refractivity contribution in [3.8, 4) is 0 Å². The topological polar surface area (TPSA) is 31.4 Å². The van der Waals surface area contributed by atoms with E-state index in [0.717, 1.165) is 0 Å². The van der Waals surface area contributed by atoms with E-state index in [0.29, 0.717) is 0 Å². The molecule has 0 saturated carbocycles. The zero-order valence-electron chi connectivity index (χ0n) is 5.31. The van der Waals surface area contributed by atoms with E-state index >= 15 is 0 Å². The molecule has 1 aromatic heterocycles. The first-order valence-electron chi connectivity index (χ1n) is 2.33. The van der Waals surface area contributed by atoms with Crippen LogP contribution >= 0.6 is 23.7 Å². The van der Waals surface area contributed by atoms with Crippen molar-refractivity contribution in [2.45, 2.75) is 0 Å². The molecular weight excluding hydrogens is 229 g/mol. The molecule has 11 heavy (non-hydrogen) atoms. The van der Waals surface area contributed by atoms with Gasteiger partial charge in [-0.1, -0.05) is 6.07 Å². The van der Waals surface area contributed by atoms with Crippen LogP contribution in [-0.4, -0.2) is 4.98 Å². The van der Waals surface area contributed by atoms with Crippen molar-refractivity contribution in [3.05, 3.63) is 30.6 Å². The van der Waals surface area contributed by atoms with Crippen LogP contribution in [-0.2, 0) is 26.2 Å². The Bertz CT molecular complexity index is 114. The average molecular weight is 234 g/mol. The predicted molar refractivity (Wildman–Crippen MR) is 38.1 cm³/mol. The van der Waals surface area contributed by atoms with Gasteiger partial charge >= 0.3 is 0 Å². The molecule has 62 valence electrons. The third-order valence-corrected chi connectivity index (χ3v) is 0.781. The first-order valence-corrected chi connectivity index (χ1v) is 2.94. The molecule has 6 heteroatoms. The van der Waals surface area contributed by atoms with E-state index in [1.54, 1.807) is 12.4 Å². The molecule has 0 aliphatic heterocycles. The van der Waals surface area contributed by atoms with Gasteiger partial charge in [-0.05, 0) is 12.1 Å². The summed E-state index contributed by atoms with van der Waals surface area (Å²) in [6, 6.07) is 5.72. The average Bonchev–Trinajstić information content (AvgIpc) is 2.08. The standard InChI is InChI=1S/C5H5N.Cl2O2.Cr/c1-2-4-6-5-3-1;1-3-4-2;/h1-5H;;. The van der Waals surface area contributed by atoms with Gasteiger partial charge in [-0.2, -0.15) is 0 Å². The first-order chi connectivity index (χ1) is 4.91. The molecule has 0 unspecified atom stereocenters. The van der Waals surface area contributed by atoms with E-state index in [2.05, 4.69) is 37.6 Å². The second-order valence-corrected chi connectivity index (χ2v) is 1.40. The fourth-order valence-corrected chi connectivity index (χ4v) is 0.313. The largest absolute Gasteiger partial charge is 0.265 e. The van der Waals surface area contributed by atoms with Crippen LogP contribution in [0.4, 0.5) is 0 Å². The SMILES string of the molecule is ClOOCl.[Cr].c1ccncc1. The Balaban J connectivity index is 0. The number of aromatic nitrogens is 1. The molecule has 0 atom stereocenters. The summed E-state index contributed by atoms with van der Waals surface area (Å²) in [4.78, 5) is 3.78. The van der Waals surface area contributed by atoms with E-state index in [-0.39, 0.29) is 17.4 Å². The van der Waals surface area contributed by atoms with Gasteiger partial charge in [0.05, 0.1) is 0 Å². The van der Waals surface area contributed by atoms with Gasteiger partial charge in [0.15, 0.2) is 0 Å². The Labute approximate surface area is 85.6 Å². The molecule has 1 aromatic rings. The second kappa shape index (κ2) is 12.8. The summed E-state index contributed by atoms with van der Waals surface area (Å²) in [6.45, 7) is 0. The van der Waals surface area contributed by atoms with Gasteiger partial charge in [0.25, 0.3) is 0 Å². The second-order valence-electron chi connectivity index (χ2n) is 1.15. The van der Waals surface area contributed by atoms with Crippen LogP contribution in [0.15, 0.2) is 30.6 Å². The minimum Gasteiger partial charge on any atom is -0.265 e. The van der Waals surface area contributed by atoms with Crippen molar-refractivity contribution < 1.29 is 26.2 Å². The van der Waals surface area contributed by atoms with Gasteiger partial charge in [-0.25, -0.2) is 0 Å².